The first kappa shape index (κ1) is 14.2. The van der Waals surface area contributed by atoms with Crippen molar-refractivity contribution in [2.24, 2.45) is 0 Å². The maximum atomic E-state index is 11.5. The first-order valence-electron chi connectivity index (χ1n) is 5.90. The number of hydrogen-bond acceptors (Lipinski definition) is 4. The number of sulfone groups is 1. The summed E-state index contributed by atoms with van der Waals surface area (Å²) in [4.78, 5) is 11.5. The zero-order valence-corrected chi connectivity index (χ0v) is 11.1. The first-order valence-corrected chi connectivity index (χ1v) is 7.62. The highest BCUT2D eigenvalue weighted by Crippen LogP contribution is 2.07. The molecule has 0 fully saturated rings. The summed E-state index contributed by atoms with van der Waals surface area (Å²) in [5.41, 5.74) is 0. The van der Waals surface area contributed by atoms with Crippen LogP contribution in [-0.4, -0.2) is 38.7 Å². The molecule has 0 saturated heterocycles. The zero-order valence-electron chi connectivity index (χ0n) is 10.3. The minimum absolute atomic E-state index is 0.0469. The molecule has 1 atom stereocenters. The molecule has 0 aliphatic carbocycles. The van der Waals surface area contributed by atoms with Crippen molar-refractivity contribution in [2.45, 2.75) is 38.8 Å². The molecule has 1 heterocycles. The maximum absolute atomic E-state index is 11.5. The lowest BCUT2D eigenvalue weighted by atomic mass is 10.2. The molecular formula is C11H20N2O3S. The van der Waals surface area contributed by atoms with Gasteiger partial charge in [-0.1, -0.05) is 19.9 Å². The predicted octanol–water partition coefficient (Wildman–Crippen LogP) is 0.192. The molecule has 2 N–H and O–H groups in total. The summed E-state index contributed by atoms with van der Waals surface area (Å²) in [6.45, 7) is 4.20. The van der Waals surface area contributed by atoms with Gasteiger partial charge in [0, 0.05) is 17.5 Å². The van der Waals surface area contributed by atoms with Crippen LogP contribution in [0.3, 0.4) is 0 Å². The fourth-order valence-electron chi connectivity index (χ4n) is 1.70. The van der Waals surface area contributed by atoms with Crippen LogP contribution in [0.5, 0.6) is 0 Å². The number of amides is 1. The molecule has 1 rings (SSSR count). The van der Waals surface area contributed by atoms with E-state index in [2.05, 4.69) is 10.6 Å². The fourth-order valence-corrected chi connectivity index (χ4v) is 2.97. The third-order valence-corrected chi connectivity index (χ3v) is 4.20. The second-order valence-corrected chi connectivity index (χ2v) is 6.16. The van der Waals surface area contributed by atoms with Crippen molar-refractivity contribution in [2.75, 3.05) is 12.3 Å². The molecule has 0 aromatic heterocycles. The monoisotopic (exact) mass is 260 g/mol. The molecule has 1 unspecified atom stereocenters. The smallest absolute Gasteiger partial charge is 0.234 e. The molecule has 17 heavy (non-hydrogen) atoms. The second kappa shape index (κ2) is 6.16. The van der Waals surface area contributed by atoms with Crippen LogP contribution in [0.2, 0.25) is 0 Å². The number of nitrogens with one attached hydrogen (secondary N) is 2. The number of carbonyl (C=O) groups is 1. The Balaban J connectivity index is 2.28. The minimum atomic E-state index is -3.05. The van der Waals surface area contributed by atoms with Gasteiger partial charge in [-0.2, -0.15) is 0 Å². The second-order valence-electron chi connectivity index (χ2n) is 4.23. The van der Waals surface area contributed by atoms with Crippen LogP contribution in [0, 0.1) is 0 Å². The minimum Gasteiger partial charge on any atom is -0.352 e. The van der Waals surface area contributed by atoms with Crippen molar-refractivity contribution in [1.82, 2.24) is 10.6 Å². The van der Waals surface area contributed by atoms with Crippen molar-refractivity contribution in [1.29, 1.82) is 0 Å². The topological polar surface area (TPSA) is 75.3 Å². The number of hydrogen-bond donors (Lipinski definition) is 2. The lowest BCUT2D eigenvalue weighted by Gasteiger charge is -2.16. The van der Waals surface area contributed by atoms with Gasteiger partial charge < -0.3 is 10.6 Å². The van der Waals surface area contributed by atoms with Gasteiger partial charge in [0.15, 0.2) is 9.84 Å². The molecule has 0 aromatic carbocycles. The Morgan fingerprint density at radius 1 is 1.41 bits per heavy atom. The molecule has 0 saturated carbocycles. The lowest BCUT2D eigenvalue weighted by molar-refractivity contribution is -0.121. The van der Waals surface area contributed by atoms with Crippen LogP contribution in [0.15, 0.2) is 11.5 Å². The molecule has 1 aliphatic heterocycles. The molecule has 0 aromatic rings. The lowest BCUT2D eigenvalue weighted by Crippen LogP contribution is -2.43. The third-order valence-electron chi connectivity index (χ3n) is 2.81. The summed E-state index contributed by atoms with van der Waals surface area (Å²) >= 11 is 0. The highest BCUT2D eigenvalue weighted by atomic mass is 32.2. The molecule has 98 valence electrons. The first-order chi connectivity index (χ1) is 7.96. The maximum Gasteiger partial charge on any atom is 0.234 e. The average molecular weight is 260 g/mol. The normalized spacial score (nSPS) is 21.9. The summed E-state index contributed by atoms with van der Waals surface area (Å²) in [6, 6.07) is -0.0420. The van der Waals surface area contributed by atoms with Gasteiger partial charge >= 0.3 is 0 Å². The highest BCUT2D eigenvalue weighted by Gasteiger charge is 2.21. The Morgan fingerprint density at radius 2 is 2.06 bits per heavy atom. The van der Waals surface area contributed by atoms with Crippen LogP contribution >= 0.6 is 0 Å². The zero-order chi connectivity index (χ0) is 12.9. The summed E-state index contributed by atoms with van der Waals surface area (Å²) in [5, 5.41) is 7.00. The molecule has 1 aliphatic rings. The van der Waals surface area contributed by atoms with Gasteiger partial charge in [-0.15, -0.1) is 0 Å². The molecule has 6 heteroatoms. The third kappa shape index (κ3) is 4.87. The Kier molecular flexibility index (Phi) is 5.14. The predicted molar refractivity (Wildman–Crippen MR) is 67.2 cm³/mol. The van der Waals surface area contributed by atoms with E-state index in [1.165, 1.54) is 5.41 Å². The number of rotatable bonds is 6. The van der Waals surface area contributed by atoms with Crippen LogP contribution < -0.4 is 10.6 Å². The van der Waals surface area contributed by atoms with Gasteiger partial charge in [0.25, 0.3) is 0 Å². The van der Waals surface area contributed by atoms with E-state index < -0.39 is 9.84 Å². The fraction of sp³-hybridized carbons (Fsp3) is 0.727. The van der Waals surface area contributed by atoms with Gasteiger partial charge in [-0.05, 0) is 12.8 Å². The summed E-state index contributed by atoms with van der Waals surface area (Å²) in [6.07, 6.45) is 3.39. The molecule has 5 nitrogen and oxygen atoms in total. The van der Waals surface area contributed by atoms with Crippen molar-refractivity contribution in [3.05, 3.63) is 11.5 Å². The van der Waals surface area contributed by atoms with Crippen LogP contribution in [-0.2, 0) is 14.6 Å². The van der Waals surface area contributed by atoms with E-state index in [0.717, 1.165) is 12.8 Å². The highest BCUT2D eigenvalue weighted by molar-refractivity contribution is 7.94. The Morgan fingerprint density at radius 3 is 2.53 bits per heavy atom. The van der Waals surface area contributed by atoms with Crippen molar-refractivity contribution >= 4 is 15.7 Å². The largest absolute Gasteiger partial charge is 0.352 e. The van der Waals surface area contributed by atoms with E-state index in [1.54, 1.807) is 6.08 Å². The van der Waals surface area contributed by atoms with Gasteiger partial charge in [0.05, 0.1) is 12.3 Å². The van der Waals surface area contributed by atoms with E-state index >= 15 is 0 Å². The standard InChI is InChI=1S/C11H20N2O3S/c1-3-9(4-2)13-11(14)7-12-10-5-6-17(15,16)8-10/h5-6,9-10,12H,3-4,7-8H2,1-2H3,(H,13,14). The van der Waals surface area contributed by atoms with Gasteiger partial charge in [0.1, 0.15) is 0 Å². The van der Waals surface area contributed by atoms with E-state index in [9.17, 15) is 13.2 Å². The Labute approximate surface area is 103 Å². The van der Waals surface area contributed by atoms with Crippen molar-refractivity contribution in [3.63, 3.8) is 0 Å². The molecule has 0 bridgehead atoms. The van der Waals surface area contributed by atoms with E-state index in [0.29, 0.717) is 0 Å². The summed E-state index contributed by atoms with van der Waals surface area (Å²) in [5.74, 6) is -0.0398. The Bertz CT molecular complexity index is 386. The van der Waals surface area contributed by atoms with Gasteiger partial charge in [0.2, 0.25) is 5.91 Å². The molecule has 0 spiro atoms. The molecular weight excluding hydrogens is 240 g/mol. The van der Waals surface area contributed by atoms with Crippen molar-refractivity contribution < 1.29 is 13.2 Å². The van der Waals surface area contributed by atoms with E-state index in [1.807, 2.05) is 13.8 Å². The van der Waals surface area contributed by atoms with Gasteiger partial charge in [-0.25, -0.2) is 8.42 Å². The number of carbonyl (C=O) groups excluding carboxylic acids is 1. The quantitative estimate of drug-likeness (QED) is 0.715. The van der Waals surface area contributed by atoms with Crippen molar-refractivity contribution in [3.8, 4) is 0 Å². The summed E-state index contributed by atoms with van der Waals surface area (Å²) in [7, 11) is -3.05. The molecule has 1 amide bonds. The van der Waals surface area contributed by atoms with E-state index in [-0.39, 0.29) is 30.3 Å². The Hall–Kier alpha value is -0.880. The van der Waals surface area contributed by atoms with E-state index in [4.69, 9.17) is 0 Å². The summed E-state index contributed by atoms with van der Waals surface area (Å²) < 4.78 is 22.3. The SMILES string of the molecule is CCC(CC)NC(=O)CNC1C=CS(=O)(=O)C1. The van der Waals surface area contributed by atoms with Gasteiger partial charge in [-0.3, -0.25) is 4.79 Å². The van der Waals surface area contributed by atoms with Crippen LogP contribution in [0.25, 0.3) is 0 Å². The van der Waals surface area contributed by atoms with Crippen LogP contribution in [0.1, 0.15) is 26.7 Å². The average Bonchev–Trinajstić information content (AvgIpc) is 2.63. The molecule has 0 radical (unpaired) electrons. The van der Waals surface area contributed by atoms with Crippen LogP contribution in [0.4, 0.5) is 0 Å².